The molecule has 2 unspecified atom stereocenters. The first-order valence-corrected chi connectivity index (χ1v) is 12.1. The van der Waals surface area contributed by atoms with Crippen LogP contribution in [0.2, 0.25) is 0 Å². The Hall–Kier alpha value is -2.44. The summed E-state index contributed by atoms with van der Waals surface area (Å²) >= 11 is 1.39. The van der Waals surface area contributed by atoms with Crippen molar-refractivity contribution in [1.82, 2.24) is 20.1 Å². The highest BCUT2D eigenvalue weighted by Crippen LogP contribution is 2.43. The number of rotatable bonds is 8. The number of alkyl halides is 2. The molecule has 2 fully saturated rings. The summed E-state index contributed by atoms with van der Waals surface area (Å²) in [7, 11) is 0. The van der Waals surface area contributed by atoms with Crippen molar-refractivity contribution in [2.45, 2.75) is 32.7 Å². The minimum atomic E-state index is -2.92. The lowest BCUT2D eigenvalue weighted by atomic mass is 9.93. The monoisotopic (exact) mass is 497 g/mol. The van der Waals surface area contributed by atoms with E-state index in [1.807, 2.05) is 0 Å². The van der Waals surface area contributed by atoms with E-state index in [1.54, 1.807) is 42.1 Å². The van der Waals surface area contributed by atoms with Gasteiger partial charge in [0.25, 0.3) is 5.92 Å². The minimum Gasteiger partial charge on any atom is -0.481 e. The third-order valence-electron chi connectivity index (χ3n) is 6.53. The van der Waals surface area contributed by atoms with Crippen molar-refractivity contribution < 1.29 is 28.2 Å². The van der Waals surface area contributed by atoms with Gasteiger partial charge < -0.3 is 20.1 Å². The maximum atomic E-state index is 15.0. The molecule has 0 saturated carbocycles. The van der Waals surface area contributed by atoms with Crippen molar-refractivity contribution in [3.05, 3.63) is 27.9 Å². The van der Waals surface area contributed by atoms with Crippen LogP contribution in [-0.2, 0) is 14.3 Å². The number of thiazole rings is 1. The zero-order valence-electron chi connectivity index (χ0n) is 19.4. The van der Waals surface area contributed by atoms with E-state index in [0.29, 0.717) is 28.7 Å². The number of carboxylic acid groups (broad SMARTS) is 1. The van der Waals surface area contributed by atoms with Gasteiger partial charge in [-0.15, -0.1) is 11.3 Å². The van der Waals surface area contributed by atoms with Crippen LogP contribution in [0.25, 0.3) is 0 Å². The number of nitrogens with zero attached hydrogens (tertiary/aromatic N) is 4. The van der Waals surface area contributed by atoms with Gasteiger partial charge in [-0.25, -0.2) is 18.6 Å². The topological polar surface area (TPSA) is 107 Å². The van der Waals surface area contributed by atoms with E-state index < -0.39 is 41.8 Å². The highest BCUT2D eigenvalue weighted by atomic mass is 32.1. The molecular formula is C22H29F2N5O4S. The molecule has 0 radical (unpaired) electrons. The first-order chi connectivity index (χ1) is 16.0. The average Bonchev–Trinajstić information content (AvgIpc) is 3.47. The maximum absolute atomic E-state index is 15.0. The molecule has 0 aliphatic carbocycles. The second kappa shape index (κ2) is 9.31. The molecule has 2 atom stereocenters. The molecule has 12 heteroatoms. The molecule has 3 aliphatic heterocycles. The Morgan fingerprint density at radius 2 is 2.15 bits per heavy atom. The molecule has 2 N–H and O–H groups in total. The summed E-state index contributed by atoms with van der Waals surface area (Å²) in [5.41, 5.74) is -0.238. The van der Waals surface area contributed by atoms with Crippen LogP contribution < -0.4 is 5.32 Å². The van der Waals surface area contributed by atoms with Gasteiger partial charge in [-0.2, -0.15) is 0 Å². The lowest BCUT2D eigenvalue weighted by Gasteiger charge is -2.30. The molecule has 0 amide bonds. The Bertz CT molecular complexity index is 1010. The van der Waals surface area contributed by atoms with Crippen molar-refractivity contribution >= 4 is 29.1 Å². The van der Waals surface area contributed by atoms with E-state index >= 15 is 8.78 Å². The number of carbonyl (C=O) groups is 2. The number of ether oxygens (including phenoxy) is 1. The fourth-order valence-electron chi connectivity index (χ4n) is 4.80. The third-order valence-corrected chi connectivity index (χ3v) is 7.31. The fraction of sp³-hybridized carbons (Fsp3) is 0.636. The van der Waals surface area contributed by atoms with E-state index in [2.05, 4.69) is 15.3 Å². The van der Waals surface area contributed by atoms with Crippen molar-refractivity contribution in [1.29, 1.82) is 0 Å². The van der Waals surface area contributed by atoms with E-state index in [1.165, 1.54) is 11.3 Å². The van der Waals surface area contributed by atoms with Crippen LogP contribution in [0.3, 0.4) is 0 Å². The Morgan fingerprint density at radius 3 is 2.79 bits per heavy atom. The highest BCUT2D eigenvalue weighted by molar-refractivity contribution is 7.11. The highest BCUT2D eigenvalue weighted by Gasteiger charge is 2.58. The van der Waals surface area contributed by atoms with Gasteiger partial charge >= 0.3 is 11.9 Å². The predicted octanol–water partition coefficient (Wildman–Crippen LogP) is 1.67. The molecule has 0 spiro atoms. The standard InChI is InChI=1S/C22H29F2N5O4S/c1-4-33-19(30)13-7-26-17(18-25-5-6-34-18)27-15(13)9-29-12-22(23,24)14-8-28(10-16(14)29)11-21(2,3)20(31)32/h5-6,14,16H,4,7-12H2,1-3H3,(H,26,27)(H,31,32). The largest absolute Gasteiger partial charge is 0.481 e. The van der Waals surface area contributed by atoms with Crippen molar-refractivity contribution in [3.8, 4) is 0 Å². The number of fused-ring (bicyclic) bond motifs is 1. The summed E-state index contributed by atoms with van der Waals surface area (Å²) in [6, 6.07) is -0.459. The molecular weight excluding hydrogens is 468 g/mol. The number of halogens is 2. The molecule has 0 bridgehead atoms. The molecule has 34 heavy (non-hydrogen) atoms. The number of nitrogens with one attached hydrogen (secondary N) is 1. The molecule has 186 valence electrons. The first-order valence-electron chi connectivity index (χ1n) is 11.2. The van der Waals surface area contributed by atoms with Crippen LogP contribution in [0.4, 0.5) is 8.78 Å². The number of aliphatic carboxylic acids is 1. The number of hydrogen-bond donors (Lipinski definition) is 2. The Kier molecular flexibility index (Phi) is 6.76. The van der Waals surface area contributed by atoms with Crippen LogP contribution in [0.5, 0.6) is 0 Å². The third kappa shape index (κ3) is 4.84. The first kappa shape index (κ1) is 24.7. The van der Waals surface area contributed by atoms with Gasteiger partial charge in [0.15, 0.2) is 10.8 Å². The van der Waals surface area contributed by atoms with Gasteiger partial charge in [0.1, 0.15) is 0 Å². The maximum Gasteiger partial charge on any atom is 0.337 e. The van der Waals surface area contributed by atoms with E-state index in [9.17, 15) is 14.7 Å². The van der Waals surface area contributed by atoms with Crippen LogP contribution in [0.1, 0.15) is 25.8 Å². The summed E-state index contributed by atoms with van der Waals surface area (Å²) in [6.45, 7) is 5.51. The molecule has 1 aromatic rings. The Labute approximate surface area is 200 Å². The molecule has 3 aliphatic rings. The SMILES string of the molecule is CCOC(=O)C1=C(CN2CC(F)(F)C3CN(CC(C)(C)C(=O)O)CC32)NC(c2nccs2)=NC1. The van der Waals surface area contributed by atoms with Gasteiger partial charge in [0.05, 0.1) is 36.6 Å². The van der Waals surface area contributed by atoms with Crippen molar-refractivity contribution in [3.63, 3.8) is 0 Å². The number of carbonyl (C=O) groups excluding carboxylic acids is 1. The Morgan fingerprint density at radius 1 is 1.38 bits per heavy atom. The van der Waals surface area contributed by atoms with E-state index in [0.717, 1.165) is 0 Å². The van der Waals surface area contributed by atoms with E-state index in [-0.39, 0.29) is 32.8 Å². The Balaban J connectivity index is 1.55. The number of aliphatic imine (C=N–C) groups is 1. The minimum absolute atomic E-state index is 0.0767. The normalized spacial score (nSPS) is 25.1. The second-order valence-corrected chi connectivity index (χ2v) is 10.4. The van der Waals surface area contributed by atoms with Crippen LogP contribution in [-0.4, -0.2) is 95.5 Å². The number of aromatic nitrogens is 1. The van der Waals surface area contributed by atoms with Gasteiger partial charge in [0, 0.05) is 49.5 Å². The molecule has 1 aromatic heterocycles. The number of esters is 1. The molecule has 0 aromatic carbocycles. The number of carboxylic acids is 1. The lowest BCUT2D eigenvalue weighted by Crippen LogP contribution is -2.44. The number of amidine groups is 1. The molecule has 4 rings (SSSR count). The summed E-state index contributed by atoms with van der Waals surface area (Å²) < 4.78 is 35.2. The van der Waals surface area contributed by atoms with Crippen molar-refractivity contribution in [2.75, 3.05) is 45.9 Å². The molecule has 9 nitrogen and oxygen atoms in total. The van der Waals surface area contributed by atoms with Crippen molar-refractivity contribution in [2.24, 2.45) is 16.3 Å². The summed E-state index contributed by atoms with van der Waals surface area (Å²) in [5.74, 6) is -4.81. The second-order valence-electron chi connectivity index (χ2n) is 9.53. The van der Waals surface area contributed by atoms with Gasteiger partial charge in [-0.05, 0) is 20.8 Å². The van der Waals surface area contributed by atoms with Gasteiger partial charge in [-0.3, -0.25) is 14.7 Å². The average molecular weight is 498 g/mol. The fourth-order valence-corrected chi connectivity index (χ4v) is 5.40. The molecule has 4 heterocycles. The zero-order valence-corrected chi connectivity index (χ0v) is 20.2. The van der Waals surface area contributed by atoms with Gasteiger partial charge in [0.2, 0.25) is 0 Å². The molecule has 2 saturated heterocycles. The van der Waals surface area contributed by atoms with Crippen LogP contribution >= 0.6 is 11.3 Å². The van der Waals surface area contributed by atoms with Crippen LogP contribution in [0.15, 0.2) is 27.8 Å². The number of likely N-dealkylation sites (tertiary alicyclic amines) is 2. The predicted molar refractivity (Wildman–Crippen MR) is 122 cm³/mol. The summed E-state index contributed by atoms with van der Waals surface area (Å²) in [6.07, 6.45) is 1.64. The summed E-state index contributed by atoms with van der Waals surface area (Å²) in [5, 5.41) is 15.0. The zero-order chi connectivity index (χ0) is 24.7. The quantitative estimate of drug-likeness (QED) is 0.523. The van der Waals surface area contributed by atoms with Crippen LogP contribution in [0, 0.1) is 11.3 Å². The summed E-state index contributed by atoms with van der Waals surface area (Å²) in [4.78, 5) is 36.2. The van der Waals surface area contributed by atoms with E-state index in [4.69, 9.17) is 4.74 Å². The van der Waals surface area contributed by atoms with Gasteiger partial charge in [-0.1, -0.05) is 0 Å². The lowest BCUT2D eigenvalue weighted by molar-refractivity contribution is -0.148. The smallest absolute Gasteiger partial charge is 0.337 e. The number of hydrogen-bond acceptors (Lipinski definition) is 9.